The quantitative estimate of drug-likeness (QED) is 0.557. The fourth-order valence-corrected chi connectivity index (χ4v) is 3.74. The van der Waals surface area contributed by atoms with E-state index in [0.29, 0.717) is 19.6 Å². The van der Waals surface area contributed by atoms with Crippen LogP contribution in [0.15, 0.2) is 35.6 Å². The normalized spacial score (nSPS) is 20.7. The van der Waals surface area contributed by atoms with Gasteiger partial charge in [-0.15, -0.1) is 0 Å². The number of morpholine rings is 1. The zero-order valence-electron chi connectivity index (χ0n) is 15.7. The number of benzene rings is 1. The number of rotatable bonds is 7. The Morgan fingerprint density at radius 3 is 2.61 bits per heavy atom. The van der Waals surface area contributed by atoms with Gasteiger partial charge in [-0.05, 0) is 19.4 Å². The molecule has 1 atom stereocenters. The molecule has 150 valence electrons. The van der Waals surface area contributed by atoms with Crippen molar-refractivity contribution in [3.8, 4) is 0 Å². The molecule has 9 heteroatoms. The largest absolute Gasteiger partial charge is 0.503 e. The highest BCUT2D eigenvalue weighted by molar-refractivity contribution is 6.08. The van der Waals surface area contributed by atoms with Crippen LogP contribution in [-0.2, 0) is 14.3 Å². The molecule has 0 aromatic heterocycles. The standard InChI is InChI=1S/C19H23N3O6/c1-13(23)16-17(14-5-2-3-6-15(14)22(26)27)21(19(25)18(16)24)8-4-7-20-9-11-28-12-10-20/h2-3,5-6,17,24H,4,7-12H2,1H3/t17-/m0/s1. The number of aliphatic hydroxyl groups is 1. The predicted octanol–water partition coefficient (Wildman–Crippen LogP) is 1.60. The lowest BCUT2D eigenvalue weighted by molar-refractivity contribution is -0.385. The number of para-hydroxylation sites is 1. The number of amides is 1. The van der Waals surface area contributed by atoms with Gasteiger partial charge in [0.05, 0.1) is 35.3 Å². The van der Waals surface area contributed by atoms with E-state index in [9.17, 15) is 24.8 Å². The monoisotopic (exact) mass is 389 g/mol. The first-order valence-electron chi connectivity index (χ1n) is 9.20. The minimum atomic E-state index is -0.962. The van der Waals surface area contributed by atoms with Gasteiger partial charge >= 0.3 is 0 Å². The molecule has 0 unspecified atom stereocenters. The van der Waals surface area contributed by atoms with Crippen LogP contribution >= 0.6 is 0 Å². The number of hydrogen-bond acceptors (Lipinski definition) is 7. The third-order valence-corrected chi connectivity index (χ3v) is 5.09. The van der Waals surface area contributed by atoms with Crippen molar-refractivity contribution in [3.63, 3.8) is 0 Å². The summed E-state index contributed by atoms with van der Waals surface area (Å²) in [6.07, 6.45) is 0.612. The van der Waals surface area contributed by atoms with E-state index >= 15 is 0 Å². The lowest BCUT2D eigenvalue weighted by atomic mass is 9.95. The third-order valence-electron chi connectivity index (χ3n) is 5.09. The molecule has 9 nitrogen and oxygen atoms in total. The summed E-state index contributed by atoms with van der Waals surface area (Å²) in [5.41, 5.74) is -0.0564. The van der Waals surface area contributed by atoms with Gasteiger partial charge in [0.1, 0.15) is 0 Å². The van der Waals surface area contributed by atoms with Gasteiger partial charge in [0.2, 0.25) is 0 Å². The number of carbonyl (C=O) groups is 2. The molecule has 1 N–H and O–H groups in total. The maximum absolute atomic E-state index is 12.6. The molecule has 0 aliphatic carbocycles. The van der Waals surface area contributed by atoms with Crippen LogP contribution < -0.4 is 0 Å². The van der Waals surface area contributed by atoms with E-state index in [4.69, 9.17) is 4.74 Å². The van der Waals surface area contributed by atoms with Crippen LogP contribution in [0.4, 0.5) is 5.69 Å². The number of ether oxygens (including phenoxy) is 1. The number of Topliss-reactive ketones (excluding diaryl/α,β-unsaturated/α-hetero) is 1. The summed E-state index contributed by atoms with van der Waals surface area (Å²) >= 11 is 0. The number of ketones is 1. The topological polar surface area (TPSA) is 113 Å². The summed E-state index contributed by atoms with van der Waals surface area (Å²) in [4.78, 5) is 39.3. The third kappa shape index (κ3) is 3.90. The molecule has 1 amide bonds. The van der Waals surface area contributed by atoms with Crippen LogP contribution in [-0.4, -0.2) is 70.9 Å². The molecular formula is C19H23N3O6. The molecule has 1 fully saturated rings. The van der Waals surface area contributed by atoms with Crippen molar-refractivity contribution in [2.75, 3.05) is 39.4 Å². The van der Waals surface area contributed by atoms with Crippen LogP contribution in [0.25, 0.3) is 0 Å². The van der Waals surface area contributed by atoms with Gasteiger partial charge in [0.25, 0.3) is 11.6 Å². The molecule has 28 heavy (non-hydrogen) atoms. The minimum absolute atomic E-state index is 0.0920. The van der Waals surface area contributed by atoms with E-state index in [1.807, 2.05) is 0 Å². The fraction of sp³-hybridized carbons (Fsp3) is 0.474. The van der Waals surface area contributed by atoms with Crippen molar-refractivity contribution in [3.05, 3.63) is 51.3 Å². The van der Waals surface area contributed by atoms with E-state index in [1.165, 1.54) is 30.0 Å². The maximum Gasteiger partial charge on any atom is 0.290 e. The number of carbonyl (C=O) groups excluding carboxylic acids is 2. The lowest BCUT2D eigenvalue weighted by Gasteiger charge is -2.29. The molecule has 2 aliphatic heterocycles. The second kappa shape index (κ2) is 8.49. The van der Waals surface area contributed by atoms with Crippen molar-refractivity contribution >= 4 is 17.4 Å². The first kappa shape index (κ1) is 20.0. The van der Waals surface area contributed by atoms with Crippen LogP contribution in [0.3, 0.4) is 0 Å². The van der Waals surface area contributed by atoms with Gasteiger partial charge in [0.15, 0.2) is 11.5 Å². The fourth-order valence-electron chi connectivity index (χ4n) is 3.74. The molecule has 1 aromatic carbocycles. The molecule has 1 aromatic rings. The Morgan fingerprint density at radius 2 is 1.96 bits per heavy atom. The van der Waals surface area contributed by atoms with Crippen LogP contribution in [0.2, 0.25) is 0 Å². The van der Waals surface area contributed by atoms with E-state index in [2.05, 4.69) is 4.90 Å². The van der Waals surface area contributed by atoms with Gasteiger partial charge in [-0.1, -0.05) is 12.1 Å². The summed E-state index contributed by atoms with van der Waals surface area (Å²) in [6, 6.07) is 5.03. The van der Waals surface area contributed by atoms with E-state index in [1.54, 1.807) is 6.07 Å². The number of nitro groups is 1. The molecule has 3 rings (SSSR count). The number of nitro benzene ring substituents is 1. The summed E-state index contributed by atoms with van der Waals surface area (Å²) < 4.78 is 5.31. The molecule has 2 aliphatic rings. The Labute approximate surface area is 162 Å². The SMILES string of the molecule is CC(=O)C1=C(O)C(=O)N(CCCN2CCOCC2)[C@H]1c1ccccc1[N+](=O)[O-]. The van der Waals surface area contributed by atoms with Crippen molar-refractivity contribution in [2.45, 2.75) is 19.4 Å². The minimum Gasteiger partial charge on any atom is -0.503 e. The summed E-state index contributed by atoms with van der Waals surface area (Å²) in [5, 5.41) is 21.7. The van der Waals surface area contributed by atoms with Crippen molar-refractivity contribution in [2.24, 2.45) is 0 Å². The Balaban J connectivity index is 1.87. The van der Waals surface area contributed by atoms with Crippen LogP contribution in [0.5, 0.6) is 0 Å². The molecule has 0 radical (unpaired) electrons. The first-order valence-corrected chi connectivity index (χ1v) is 9.20. The predicted molar refractivity (Wildman–Crippen MR) is 99.8 cm³/mol. The number of aliphatic hydroxyl groups excluding tert-OH is 1. The van der Waals surface area contributed by atoms with Crippen LogP contribution in [0.1, 0.15) is 24.9 Å². The summed E-state index contributed by atoms with van der Waals surface area (Å²) in [7, 11) is 0. The van der Waals surface area contributed by atoms with Crippen molar-refractivity contribution in [1.29, 1.82) is 0 Å². The molecule has 0 spiro atoms. The van der Waals surface area contributed by atoms with Crippen LogP contribution in [0, 0.1) is 10.1 Å². The zero-order valence-corrected chi connectivity index (χ0v) is 15.7. The van der Waals surface area contributed by atoms with Crippen molar-refractivity contribution < 1.29 is 24.4 Å². The average Bonchev–Trinajstić information content (AvgIpc) is 2.94. The van der Waals surface area contributed by atoms with Gasteiger partial charge in [0, 0.05) is 32.2 Å². The van der Waals surface area contributed by atoms with E-state index in [-0.39, 0.29) is 23.4 Å². The van der Waals surface area contributed by atoms with E-state index in [0.717, 1.165) is 19.6 Å². The van der Waals surface area contributed by atoms with Gasteiger partial charge in [-0.3, -0.25) is 24.6 Å². The van der Waals surface area contributed by atoms with Gasteiger partial charge in [-0.2, -0.15) is 0 Å². The smallest absolute Gasteiger partial charge is 0.290 e. The number of nitrogens with zero attached hydrogens (tertiary/aromatic N) is 3. The molecular weight excluding hydrogens is 366 g/mol. The molecule has 1 saturated heterocycles. The summed E-state index contributed by atoms with van der Waals surface area (Å²) in [5.74, 6) is -1.78. The highest BCUT2D eigenvalue weighted by Gasteiger charge is 2.44. The Hall–Kier alpha value is -2.78. The highest BCUT2D eigenvalue weighted by Crippen LogP contribution is 2.41. The average molecular weight is 389 g/mol. The number of hydrogen-bond donors (Lipinski definition) is 1. The molecule has 0 saturated carbocycles. The van der Waals surface area contributed by atoms with Gasteiger partial charge in [-0.25, -0.2) is 0 Å². The Morgan fingerprint density at radius 1 is 1.29 bits per heavy atom. The molecule has 0 bridgehead atoms. The van der Waals surface area contributed by atoms with Gasteiger partial charge < -0.3 is 14.7 Å². The summed E-state index contributed by atoms with van der Waals surface area (Å²) in [6.45, 7) is 5.20. The second-order valence-electron chi connectivity index (χ2n) is 6.84. The Bertz CT molecular complexity index is 816. The first-order chi connectivity index (χ1) is 13.4. The highest BCUT2D eigenvalue weighted by atomic mass is 16.6. The maximum atomic E-state index is 12.6. The zero-order chi connectivity index (χ0) is 20.3. The lowest BCUT2D eigenvalue weighted by Crippen LogP contribution is -2.39. The van der Waals surface area contributed by atoms with E-state index < -0.39 is 28.4 Å². The molecule has 2 heterocycles. The Kier molecular flexibility index (Phi) is 6.05. The second-order valence-corrected chi connectivity index (χ2v) is 6.84. The van der Waals surface area contributed by atoms with Crippen molar-refractivity contribution in [1.82, 2.24) is 9.80 Å².